The van der Waals surface area contributed by atoms with Crippen molar-refractivity contribution in [2.24, 2.45) is 0 Å². The fourth-order valence-corrected chi connectivity index (χ4v) is 6.18. The molecule has 29 heavy (non-hydrogen) atoms. The van der Waals surface area contributed by atoms with Gasteiger partial charge in [0.1, 0.15) is 5.60 Å². The maximum atomic E-state index is 12.9. The SMILES string of the molecule is CC(C)(C)OC(=O)N1CC2(CCN(C3CC4CCC(C3)N4)CC2)c2ccccc21. The van der Waals surface area contributed by atoms with Gasteiger partial charge in [-0.25, -0.2) is 4.79 Å². The second kappa shape index (κ2) is 6.98. The maximum absolute atomic E-state index is 12.9. The zero-order valence-electron chi connectivity index (χ0n) is 18.1. The lowest BCUT2D eigenvalue weighted by molar-refractivity contribution is 0.0558. The highest BCUT2D eigenvalue weighted by Crippen LogP contribution is 2.48. The van der Waals surface area contributed by atoms with Crippen LogP contribution in [0, 0.1) is 0 Å². The van der Waals surface area contributed by atoms with Crippen molar-refractivity contribution in [2.75, 3.05) is 24.5 Å². The molecule has 4 heterocycles. The van der Waals surface area contributed by atoms with Gasteiger partial charge in [0, 0.05) is 30.1 Å². The number of benzene rings is 1. The van der Waals surface area contributed by atoms with Crippen molar-refractivity contribution in [3.8, 4) is 0 Å². The van der Waals surface area contributed by atoms with E-state index in [4.69, 9.17) is 4.74 Å². The zero-order chi connectivity index (χ0) is 20.2. The van der Waals surface area contributed by atoms with Crippen molar-refractivity contribution < 1.29 is 9.53 Å². The van der Waals surface area contributed by atoms with Crippen molar-refractivity contribution in [2.45, 2.75) is 88.4 Å². The van der Waals surface area contributed by atoms with Gasteiger partial charge >= 0.3 is 6.09 Å². The highest BCUT2D eigenvalue weighted by atomic mass is 16.6. The van der Waals surface area contributed by atoms with Crippen LogP contribution < -0.4 is 10.2 Å². The highest BCUT2D eigenvalue weighted by Gasteiger charge is 2.48. The van der Waals surface area contributed by atoms with Crippen LogP contribution in [-0.2, 0) is 10.2 Å². The smallest absolute Gasteiger partial charge is 0.414 e. The summed E-state index contributed by atoms with van der Waals surface area (Å²) in [6.45, 7) is 8.85. The Morgan fingerprint density at radius 2 is 1.76 bits per heavy atom. The number of ether oxygens (including phenoxy) is 1. The number of hydrogen-bond acceptors (Lipinski definition) is 4. The number of hydrogen-bond donors (Lipinski definition) is 1. The number of likely N-dealkylation sites (tertiary alicyclic amines) is 1. The third kappa shape index (κ3) is 3.57. The van der Waals surface area contributed by atoms with Gasteiger partial charge in [-0.15, -0.1) is 0 Å². The monoisotopic (exact) mass is 397 g/mol. The molecule has 1 N–H and O–H groups in total. The minimum atomic E-state index is -0.473. The lowest BCUT2D eigenvalue weighted by Crippen LogP contribution is -2.53. The molecule has 2 bridgehead atoms. The minimum absolute atomic E-state index is 0.0793. The van der Waals surface area contributed by atoms with E-state index in [0.29, 0.717) is 0 Å². The van der Waals surface area contributed by atoms with Crippen LogP contribution in [0.1, 0.15) is 64.9 Å². The highest BCUT2D eigenvalue weighted by molar-refractivity contribution is 5.91. The van der Waals surface area contributed by atoms with Crippen LogP contribution in [0.2, 0.25) is 0 Å². The first kappa shape index (κ1) is 19.4. The number of rotatable bonds is 1. The van der Waals surface area contributed by atoms with Crippen molar-refractivity contribution in [1.82, 2.24) is 10.2 Å². The average Bonchev–Trinajstić information content (AvgIpc) is 3.19. The molecule has 2 unspecified atom stereocenters. The van der Waals surface area contributed by atoms with E-state index in [1.807, 2.05) is 31.7 Å². The number of anilines is 1. The molecule has 1 spiro atoms. The number of carbonyl (C=O) groups excluding carboxylic acids is 1. The van der Waals surface area contributed by atoms with Crippen LogP contribution in [0.25, 0.3) is 0 Å². The van der Waals surface area contributed by atoms with Crippen LogP contribution in [0.3, 0.4) is 0 Å². The van der Waals surface area contributed by atoms with E-state index in [-0.39, 0.29) is 11.5 Å². The minimum Gasteiger partial charge on any atom is -0.443 e. The summed E-state index contributed by atoms with van der Waals surface area (Å²) in [4.78, 5) is 17.6. The fraction of sp³-hybridized carbons (Fsp3) is 0.708. The summed E-state index contributed by atoms with van der Waals surface area (Å²) in [5, 5.41) is 3.77. The number of nitrogens with zero attached hydrogens (tertiary/aromatic N) is 2. The molecule has 5 nitrogen and oxygen atoms in total. The molecule has 1 aromatic rings. The Kier molecular flexibility index (Phi) is 4.67. The van der Waals surface area contributed by atoms with Crippen LogP contribution in [0.4, 0.5) is 10.5 Å². The van der Waals surface area contributed by atoms with Gasteiger partial charge in [-0.3, -0.25) is 4.90 Å². The topological polar surface area (TPSA) is 44.8 Å². The van der Waals surface area contributed by atoms with Crippen molar-refractivity contribution in [3.05, 3.63) is 29.8 Å². The van der Waals surface area contributed by atoms with E-state index < -0.39 is 5.60 Å². The first-order chi connectivity index (χ1) is 13.8. The number of fused-ring (bicyclic) bond motifs is 4. The second-order valence-corrected chi connectivity index (χ2v) is 10.7. The summed E-state index contributed by atoms with van der Waals surface area (Å²) in [7, 11) is 0. The van der Waals surface area contributed by atoms with Gasteiger partial charge in [0.25, 0.3) is 0 Å². The number of nitrogens with one attached hydrogen (secondary N) is 1. The molecule has 0 saturated carbocycles. The number of amides is 1. The van der Waals surface area contributed by atoms with Crippen molar-refractivity contribution in [3.63, 3.8) is 0 Å². The lowest BCUT2D eigenvalue weighted by atomic mass is 9.74. The first-order valence-electron chi connectivity index (χ1n) is 11.4. The van der Waals surface area contributed by atoms with Crippen LogP contribution in [0.15, 0.2) is 24.3 Å². The number of piperidine rings is 2. The predicted molar refractivity (Wildman–Crippen MR) is 115 cm³/mol. The van der Waals surface area contributed by atoms with Gasteiger partial charge in [0.05, 0.1) is 5.69 Å². The predicted octanol–water partition coefficient (Wildman–Crippen LogP) is 4.06. The van der Waals surface area contributed by atoms with E-state index in [0.717, 1.165) is 56.3 Å². The normalized spacial score (nSPS) is 31.1. The van der Waals surface area contributed by atoms with Gasteiger partial charge < -0.3 is 15.0 Å². The standard InChI is InChI=1S/C24H35N3O2/c1-23(2,3)29-22(28)27-16-24(20-6-4-5-7-21(20)27)10-12-26(13-11-24)19-14-17-8-9-18(15-19)25-17/h4-7,17-19,25H,8-16H2,1-3H3. The molecule has 5 heteroatoms. The third-order valence-electron chi connectivity index (χ3n) is 7.56. The summed E-state index contributed by atoms with van der Waals surface area (Å²) in [5.41, 5.74) is 2.00. The van der Waals surface area contributed by atoms with Crippen LogP contribution in [0.5, 0.6) is 0 Å². The number of para-hydroxylation sites is 1. The van der Waals surface area contributed by atoms with E-state index in [2.05, 4.69) is 28.4 Å². The summed E-state index contributed by atoms with van der Waals surface area (Å²) in [5.74, 6) is 0. The summed E-state index contributed by atoms with van der Waals surface area (Å²) >= 11 is 0. The van der Waals surface area contributed by atoms with Gasteiger partial charge in [-0.2, -0.15) is 0 Å². The van der Waals surface area contributed by atoms with E-state index in [1.54, 1.807) is 0 Å². The van der Waals surface area contributed by atoms with E-state index in [9.17, 15) is 4.79 Å². The Balaban J connectivity index is 1.32. The van der Waals surface area contributed by atoms with Crippen LogP contribution in [-0.4, -0.2) is 54.4 Å². The molecule has 1 aromatic carbocycles. The van der Waals surface area contributed by atoms with Crippen molar-refractivity contribution in [1.29, 1.82) is 0 Å². The second-order valence-electron chi connectivity index (χ2n) is 10.7. The van der Waals surface area contributed by atoms with Crippen molar-refractivity contribution >= 4 is 11.8 Å². The van der Waals surface area contributed by atoms with Gasteiger partial charge in [-0.1, -0.05) is 18.2 Å². The molecule has 3 saturated heterocycles. The fourth-order valence-electron chi connectivity index (χ4n) is 6.18. The lowest BCUT2D eigenvalue weighted by Gasteiger charge is -2.45. The molecular formula is C24H35N3O2. The molecule has 4 aliphatic heterocycles. The first-order valence-corrected chi connectivity index (χ1v) is 11.4. The Hall–Kier alpha value is -1.59. The Labute approximate surface area is 174 Å². The summed E-state index contributed by atoms with van der Waals surface area (Å²) < 4.78 is 5.73. The molecule has 0 radical (unpaired) electrons. The average molecular weight is 398 g/mol. The molecular weight excluding hydrogens is 362 g/mol. The Morgan fingerprint density at radius 3 is 2.41 bits per heavy atom. The van der Waals surface area contributed by atoms with Crippen LogP contribution >= 0.6 is 0 Å². The molecule has 4 aliphatic rings. The van der Waals surface area contributed by atoms with Gasteiger partial charge in [0.2, 0.25) is 0 Å². The zero-order valence-corrected chi connectivity index (χ0v) is 18.1. The Bertz CT molecular complexity index is 767. The summed E-state index contributed by atoms with van der Waals surface area (Å²) in [6.07, 6.45) is 7.38. The van der Waals surface area contributed by atoms with Gasteiger partial charge in [0.15, 0.2) is 0 Å². The number of carbonyl (C=O) groups is 1. The summed E-state index contributed by atoms with van der Waals surface area (Å²) in [6, 6.07) is 10.7. The molecule has 5 rings (SSSR count). The largest absolute Gasteiger partial charge is 0.443 e. The molecule has 158 valence electrons. The van der Waals surface area contributed by atoms with E-state index >= 15 is 0 Å². The third-order valence-corrected chi connectivity index (χ3v) is 7.56. The van der Waals surface area contributed by atoms with Gasteiger partial charge in [-0.05, 0) is 84.0 Å². The maximum Gasteiger partial charge on any atom is 0.414 e. The molecule has 1 amide bonds. The van der Waals surface area contributed by atoms with E-state index in [1.165, 1.54) is 31.2 Å². The Morgan fingerprint density at radius 1 is 1.10 bits per heavy atom. The molecule has 0 aromatic heterocycles. The quantitative estimate of drug-likeness (QED) is 0.776. The molecule has 2 atom stereocenters. The molecule has 0 aliphatic carbocycles. The molecule has 3 fully saturated rings.